The molecule has 120 valence electrons. The third kappa shape index (κ3) is 4.54. The number of anilines is 1. The Kier molecular flexibility index (Phi) is 5.45. The van der Waals surface area contributed by atoms with Crippen LogP contribution in [0.3, 0.4) is 0 Å². The largest absolute Gasteiger partial charge is 0.298 e. The zero-order valence-corrected chi connectivity index (χ0v) is 15.5. The molecule has 0 saturated carbocycles. The minimum atomic E-state index is -0.221. The number of nitrogens with zero attached hydrogens (tertiary/aromatic N) is 1. The van der Waals surface area contributed by atoms with Crippen molar-refractivity contribution in [2.24, 2.45) is 0 Å². The third-order valence-electron chi connectivity index (χ3n) is 3.17. The van der Waals surface area contributed by atoms with Crippen LogP contribution in [0.5, 0.6) is 0 Å². The van der Waals surface area contributed by atoms with Gasteiger partial charge in [0.15, 0.2) is 5.13 Å². The molecule has 0 aliphatic rings. The van der Waals surface area contributed by atoms with Crippen molar-refractivity contribution in [3.05, 3.63) is 75.0 Å². The van der Waals surface area contributed by atoms with E-state index in [9.17, 15) is 4.79 Å². The van der Waals surface area contributed by atoms with E-state index in [1.807, 2.05) is 41.8 Å². The summed E-state index contributed by atoms with van der Waals surface area (Å²) in [5.74, 6) is -0.221. The molecule has 0 aliphatic heterocycles. The second-order valence-corrected chi connectivity index (χ2v) is 7.13. The first kappa shape index (κ1) is 16.9. The number of amides is 1. The standard InChI is InChI=1S/C18H12BrClN2OS/c19-14-6-4-13(5-7-14)16-11-24-18(21-16)22-17(23)10-3-12-1-8-15(20)9-2-12/h1-11H,(H,21,22,23). The molecule has 0 aliphatic carbocycles. The van der Waals surface area contributed by atoms with Crippen LogP contribution in [-0.4, -0.2) is 10.9 Å². The Morgan fingerprint density at radius 3 is 2.54 bits per heavy atom. The summed E-state index contributed by atoms with van der Waals surface area (Å²) in [7, 11) is 0. The van der Waals surface area contributed by atoms with Gasteiger partial charge in [0.25, 0.3) is 0 Å². The maximum absolute atomic E-state index is 12.0. The first-order valence-electron chi connectivity index (χ1n) is 7.06. The molecule has 3 nitrogen and oxygen atoms in total. The predicted octanol–water partition coefficient (Wildman–Crippen LogP) is 5.88. The van der Waals surface area contributed by atoms with Crippen LogP contribution < -0.4 is 5.32 Å². The highest BCUT2D eigenvalue weighted by molar-refractivity contribution is 9.10. The number of hydrogen-bond donors (Lipinski definition) is 1. The fourth-order valence-corrected chi connectivity index (χ4v) is 3.09. The van der Waals surface area contributed by atoms with E-state index in [2.05, 4.69) is 26.2 Å². The van der Waals surface area contributed by atoms with Crippen molar-refractivity contribution in [1.29, 1.82) is 0 Å². The summed E-state index contributed by atoms with van der Waals surface area (Å²) >= 11 is 10.6. The van der Waals surface area contributed by atoms with Gasteiger partial charge in [-0.15, -0.1) is 11.3 Å². The van der Waals surface area contributed by atoms with Gasteiger partial charge in [-0.25, -0.2) is 4.98 Å². The first-order chi connectivity index (χ1) is 11.6. The summed E-state index contributed by atoms with van der Waals surface area (Å²) < 4.78 is 1.02. The number of halogens is 2. The van der Waals surface area contributed by atoms with Gasteiger partial charge in [-0.3, -0.25) is 10.1 Å². The molecule has 0 bridgehead atoms. The van der Waals surface area contributed by atoms with Crippen LogP contribution in [0.15, 0.2) is 64.5 Å². The highest BCUT2D eigenvalue weighted by Crippen LogP contribution is 2.26. The van der Waals surface area contributed by atoms with Crippen LogP contribution in [0.1, 0.15) is 5.56 Å². The zero-order chi connectivity index (χ0) is 16.9. The summed E-state index contributed by atoms with van der Waals surface area (Å²) in [5, 5.41) is 5.92. The zero-order valence-electron chi connectivity index (χ0n) is 12.4. The molecule has 3 aromatic rings. The van der Waals surface area contributed by atoms with Crippen LogP contribution in [0.2, 0.25) is 5.02 Å². The van der Waals surface area contributed by atoms with Gasteiger partial charge >= 0.3 is 0 Å². The lowest BCUT2D eigenvalue weighted by Crippen LogP contribution is -2.07. The van der Waals surface area contributed by atoms with E-state index < -0.39 is 0 Å². The number of nitrogens with one attached hydrogen (secondary N) is 1. The van der Waals surface area contributed by atoms with Crippen molar-refractivity contribution >= 4 is 56.0 Å². The molecule has 1 N–H and O–H groups in total. The Hall–Kier alpha value is -1.95. The maximum atomic E-state index is 12.0. The number of carbonyl (C=O) groups is 1. The quantitative estimate of drug-likeness (QED) is 0.537. The topological polar surface area (TPSA) is 42.0 Å². The lowest BCUT2D eigenvalue weighted by Gasteiger charge is -1.98. The fraction of sp³-hybridized carbons (Fsp3) is 0. The van der Waals surface area contributed by atoms with Crippen molar-refractivity contribution in [2.75, 3.05) is 5.32 Å². The predicted molar refractivity (Wildman–Crippen MR) is 104 cm³/mol. The van der Waals surface area contributed by atoms with E-state index >= 15 is 0 Å². The molecule has 0 atom stereocenters. The lowest BCUT2D eigenvalue weighted by atomic mass is 10.2. The third-order valence-corrected chi connectivity index (χ3v) is 4.71. The Labute approximate surface area is 157 Å². The van der Waals surface area contributed by atoms with Gasteiger partial charge in [0, 0.05) is 26.5 Å². The van der Waals surface area contributed by atoms with Gasteiger partial charge in [0.2, 0.25) is 5.91 Å². The molecule has 0 unspecified atom stereocenters. The van der Waals surface area contributed by atoms with E-state index in [0.717, 1.165) is 21.3 Å². The summed E-state index contributed by atoms with van der Waals surface area (Å²) in [6.07, 6.45) is 3.21. The van der Waals surface area contributed by atoms with E-state index in [-0.39, 0.29) is 5.91 Å². The molecular formula is C18H12BrClN2OS. The monoisotopic (exact) mass is 418 g/mol. The molecule has 1 heterocycles. The van der Waals surface area contributed by atoms with E-state index in [0.29, 0.717) is 10.2 Å². The number of benzene rings is 2. The number of rotatable bonds is 4. The molecule has 0 fully saturated rings. The Morgan fingerprint density at radius 2 is 1.83 bits per heavy atom. The fourth-order valence-electron chi connectivity index (χ4n) is 1.98. The lowest BCUT2D eigenvalue weighted by molar-refractivity contribution is -0.111. The van der Waals surface area contributed by atoms with Crippen LogP contribution >= 0.6 is 38.9 Å². The van der Waals surface area contributed by atoms with Crippen molar-refractivity contribution < 1.29 is 4.79 Å². The van der Waals surface area contributed by atoms with Gasteiger partial charge in [-0.2, -0.15) is 0 Å². The molecule has 0 spiro atoms. The average Bonchev–Trinajstić information content (AvgIpc) is 3.03. The molecule has 0 radical (unpaired) electrons. The molecule has 6 heteroatoms. The summed E-state index contributed by atoms with van der Waals surface area (Å²) in [4.78, 5) is 16.4. The van der Waals surface area contributed by atoms with Gasteiger partial charge in [0.1, 0.15) is 0 Å². The van der Waals surface area contributed by atoms with Gasteiger partial charge < -0.3 is 0 Å². The van der Waals surface area contributed by atoms with Gasteiger partial charge in [-0.05, 0) is 35.9 Å². The van der Waals surface area contributed by atoms with Crippen molar-refractivity contribution in [3.63, 3.8) is 0 Å². The minimum Gasteiger partial charge on any atom is -0.298 e. The number of hydrogen-bond acceptors (Lipinski definition) is 3. The number of carbonyl (C=O) groups excluding carboxylic acids is 1. The highest BCUT2D eigenvalue weighted by atomic mass is 79.9. The summed E-state index contributed by atoms with van der Waals surface area (Å²) in [6.45, 7) is 0. The molecule has 0 saturated heterocycles. The highest BCUT2D eigenvalue weighted by Gasteiger charge is 2.06. The normalized spacial score (nSPS) is 10.9. The summed E-state index contributed by atoms with van der Waals surface area (Å²) in [5.41, 5.74) is 2.75. The molecule has 3 rings (SSSR count). The molecular weight excluding hydrogens is 408 g/mol. The van der Waals surface area contributed by atoms with E-state index in [4.69, 9.17) is 11.6 Å². The van der Waals surface area contributed by atoms with Crippen molar-refractivity contribution in [3.8, 4) is 11.3 Å². The molecule has 1 amide bonds. The molecule has 2 aromatic carbocycles. The maximum Gasteiger partial charge on any atom is 0.250 e. The second-order valence-electron chi connectivity index (χ2n) is 4.92. The summed E-state index contributed by atoms with van der Waals surface area (Å²) in [6, 6.07) is 15.1. The average molecular weight is 420 g/mol. The minimum absolute atomic E-state index is 0.221. The van der Waals surface area contributed by atoms with Crippen LogP contribution in [-0.2, 0) is 4.79 Å². The Bertz CT molecular complexity index is 873. The van der Waals surface area contributed by atoms with Crippen molar-refractivity contribution in [2.45, 2.75) is 0 Å². The van der Waals surface area contributed by atoms with Crippen LogP contribution in [0, 0.1) is 0 Å². The van der Waals surface area contributed by atoms with E-state index in [1.54, 1.807) is 18.2 Å². The number of thiazole rings is 1. The van der Waals surface area contributed by atoms with E-state index in [1.165, 1.54) is 17.4 Å². The van der Waals surface area contributed by atoms with Crippen molar-refractivity contribution in [1.82, 2.24) is 4.98 Å². The second kappa shape index (κ2) is 7.75. The Morgan fingerprint density at radius 1 is 1.12 bits per heavy atom. The van der Waals surface area contributed by atoms with Crippen LogP contribution in [0.4, 0.5) is 5.13 Å². The molecule has 24 heavy (non-hydrogen) atoms. The Balaban J connectivity index is 1.64. The molecule has 1 aromatic heterocycles. The smallest absolute Gasteiger partial charge is 0.250 e. The number of aromatic nitrogens is 1. The van der Waals surface area contributed by atoms with Crippen LogP contribution in [0.25, 0.3) is 17.3 Å². The SMILES string of the molecule is O=C(C=Cc1ccc(Cl)cc1)Nc1nc(-c2ccc(Br)cc2)cs1. The van der Waals surface area contributed by atoms with Gasteiger partial charge in [0.05, 0.1) is 5.69 Å². The van der Waals surface area contributed by atoms with Gasteiger partial charge in [-0.1, -0.05) is 51.8 Å². The first-order valence-corrected chi connectivity index (χ1v) is 9.11.